The van der Waals surface area contributed by atoms with E-state index in [1.165, 1.54) is 24.3 Å². The van der Waals surface area contributed by atoms with E-state index in [4.69, 9.17) is 0 Å². The number of benzene rings is 2. The molecule has 0 N–H and O–H groups in total. The standard InChI is InChI=1S/C13H7BrF4O/c14-10-5-2-6-11(15)12(10)8-3-1-4-9(7-8)19-13(16,17)18/h1-7H. The van der Waals surface area contributed by atoms with Crippen LogP contribution in [0.15, 0.2) is 46.9 Å². The van der Waals surface area contributed by atoms with E-state index in [1.807, 2.05) is 0 Å². The van der Waals surface area contributed by atoms with Crippen molar-refractivity contribution >= 4 is 15.9 Å². The van der Waals surface area contributed by atoms with Gasteiger partial charge >= 0.3 is 6.36 Å². The van der Waals surface area contributed by atoms with Crippen LogP contribution in [0.3, 0.4) is 0 Å². The van der Waals surface area contributed by atoms with Gasteiger partial charge in [-0.05, 0) is 29.8 Å². The molecule has 0 bridgehead atoms. The summed E-state index contributed by atoms with van der Waals surface area (Å²) in [6, 6.07) is 9.51. The number of hydrogen-bond acceptors (Lipinski definition) is 1. The number of hydrogen-bond donors (Lipinski definition) is 0. The van der Waals surface area contributed by atoms with Crippen LogP contribution >= 0.6 is 15.9 Å². The summed E-state index contributed by atoms with van der Waals surface area (Å²) < 4.78 is 54.4. The Balaban J connectivity index is 2.44. The maximum absolute atomic E-state index is 13.7. The van der Waals surface area contributed by atoms with E-state index >= 15 is 0 Å². The lowest BCUT2D eigenvalue weighted by Crippen LogP contribution is -2.17. The summed E-state index contributed by atoms with van der Waals surface area (Å²) in [6.45, 7) is 0. The van der Waals surface area contributed by atoms with Gasteiger partial charge < -0.3 is 4.74 Å². The second-order valence-corrected chi connectivity index (χ2v) is 4.53. The van der Waals surface area contributed by atoms with Crippen LogP contribution in [0, 0.1) is 5.82 Å². The van der Waals surface area contributed by atoms with Gasteiger partial charge in [0.2, 0.25) is 0 Å². The van der Waals surface area contributed by atoms with Gasteiger partial charge in [0.15, 0.2) is 0 Å². The largest absolute Gasteiger partial charge is 0.573 e. The van der Waals surface area contributed by atoms with Crippen molar-refractivity contribution in [3.05, 3.63) is 52.8 Å². The number of rotatable bonds is 2. The normalized spacial score (nSPS) is 11.4. The summed E-state index contributed by atoms with van der Waals surface area (Å²) in [4.78, 5) is 0. The lowest BCUT2D eigenvalue weighted by atomic mass is 10.1. The fourth-order valence-corrected chi connectivity index (χ4v) is 2.19. The molecule has 0 atom stereocenters. The molecule has 0 aromatic heterocycles. The number of alkyl halides is 3. The van der Waals surface area contributed by atoms with Crippen LogP contribution in [-0.2, 0) is 0 Å². The molecule has 0 fully saturated rings. The summed E-state index contributed by atoms with van der Waals surface area (Å²) >= 11 is 3.17. The zero-order valence-corrected chi connectivity index (χ0v) is 10.9. The minimum atomic E-state index is -4.77. The molecule has 2 aromatic carbocycles. The summed E-state index contributed by atoms with van der Waals surface area (Å²) in [5, 5.41) is 0. The van der Waals surface area contributed by atoms with Gasteiger partial charge in [0.05, 0.1) is 0 Å². The van der Waals surface area contributed by atoms with Gasteiger partial charge in [-0.3, -0.25) is 0 Å². The van der Waals surface area contributed by atoms with E-state index in [0.717, 1.165) is 12.1 Å². The van der Waals surface area contributed by atoms with Crippen LogP contribution in [-0.4, -0.2) is 6.36 Å². The Morgan fingerprint density at radius 1 is 1.00 bits per heavy atom. The molecule has 0 unspecified atom stereocenters. The second-order valence-electron chi connectivity index (χ2n) is 3.67. The van der Waals surface area contributed by atoms with E-state index in [-0.39, 0.29) is 11.3 Å². The third-order valence-electron chi connectivity index (χ3n) is 2.32. The molecule has 2 rings (SSSR count). The fourth-order valence-electron chi connectivity index (χ4n) is 1.62. The molecule has 0 heterocycles. The van der Waals surface area contributed by atoms with Gasteiger partial charge in [-0.2, -0.15) is 0 Å². The van der Waals surface area contributed by atoms with Gasteiger partial charge in [-0.1, -0.05) is 34.1 Å². The van der Waals surface area contributed by atoms with E-state index in [9.17, 15) is 17.6 Å². The van der Waals surface area contributed by atoms with Crippen LogP contribution in [0.4, 0.5) is 17.6 Å². The Bertz CT molecular complexity index is 575. The molecule has 0 aliphatic rings. The van der Waals surface area contributed by atoms with Crippen LogP contribution < -0.4 is 4.74 Å². The van der Waals surface area contributed by atoms with Crippen molar-refractivity contribution in [3.8, 4) is 16.9 Å². The third kappa shape index (κ3) is 3.47. The van der Waals surface area contributed by atoms with Crippen LogP contribution in [0.2, 0.25) is 0 Å². The minimum absolute atomic E-state index is 0.190. The van der Waals surface area contributed by atoms with Crippen molar-refractivity contribution in [1.29, 1.82) is 0 Å². The molecule has 0 radical (unpaired) electrons. The topological polar surface area (TPSA) is 9.23 Å². The molecule has 0 amide bonds. The first-order valence-corrected chi connectivity index (χ1v) is 5.96. The highest BCUT2D eigenvalue weighted by Crippen LogP contribution is 2.33. The zero-order chi connectivity index (χ0) is 14.0. The molecule has 0 aliphatic heterocycles. The molecule has 0 saturated carbocycles. The van der Waals surface area contributed by atoms with Crippen molar-refractivity contribution in [1.82, 2.24) is 0 Å². The second kappa shape index (κ2) is 5.21. The highest BCUT2D eigenvalue weighted by Gasteiger charge is 2.31. The van der Waals surface area contributed by atoms with Gasteiger partial charge in [-0.25, -0.2) is 4.39 Å². The van der Waals surface area contributed by atoms with Crippen molar-refractivity contribution in [3.63, 3.8) is 0 Å². The van der Waals surface area contributed by atoms with E-state index < -0.39 is 12.2 Å². The van der Waals surface area contributed by atoms with Gasteiger partial charge in [0.25, 0.3) is 0 Å². The molecule has 0 spiro atoms. The van der Waals surface area contributed by atoms with Gasteiger partial charge in [-0.15, -0.1) is 13.2 Å². The van der Waals surface area contributed by atoms with Crippen molar-refractivity contribution in [2.45, 2.75) is 6.36 Å². The minimum Gasteiger partial charge on any atom is -0.406 e. The Morgan fingerprint density at radius 3 is 2.32 bits per heavy atom. The molecule has 0 aliphatic carbocycles. The third-order valence-corrected chi connectivity index (χ3v) is 2.98. The first-order valence-electron chi connectivity index (χ1n) is 5.17. The summed E-state index contributed by atoms with van der Waals surface area (Å²) in [5.74, 6) is -0.918. The predicted molar refractivity (Wildman–Crippen MR) is 66.2 cm³/mol. The lowest BCUT2D eigenvalue weighted by molar-refractivity contribution is -0.274. The average Bonchev–Trinajstić information content (AvgIpc) is 2.26. The predicted octanol–water partition coefficient (Wildman–Crippen LogP) is 5.15. The van der Waals surface area contributed by atoms with E-state index in [2.05, 4.69) is 20.7 Å². The van der Waals surface area contributed by atoms with Crippen LogP contribution in [0.5, 0.6) is 5.75 Å². The van der Waals surface area contributed by atoms with Crippen LogP contribution in [0.25, 0.3) is 11.1 Å². The Morgan fingerprint density at radius 2 is 1.68 bits per heavy atom. The quantitative estimate of drug-likeness (QED) is 0.690. The fraction of sp³-hybridized carbons (Fsp3) is 0.0769. The molecule has 1 nitrogen and oxygen atoms in total. The lowest BCUT2D eigenvalue weighted by Gasteiger charge is -2.11. The Kier molecular flexibility index (Phi) is 3.80. The first kappa shape index (κ1) is 13.9. The maximum atomic E-state index is 13.7. The summed E-state index contributed by atoms with van der Waals surface area (Å²) in [5.41, 5.74) is 0.488. The van der Waals surface area contributed by atoms with E-state index in [1.54, 1.807) is 6.07 Å². The highest BCUT2D eigenvalue weighted by atomic mass is 79.9. The molecular formula is C13H7BrF4O. The van der Waals surface area contributed by atoms with Gasteiger partial charge in [0, 0.05) is 10.0 Å². The summed E-state index contributed by atoms with van der Waals surface area (Å²) in [7, 11) is 0. The molecule has 6 heteroatoms. The van der Waals surface area contributed by atoms with Crippen molar-refractivity contribution in [2.24, 2.45) is 0 Å². The Labute approximate surface area is 114 Å². The number of halogens is 5. The first-order chi connectivity index (χ1) is 8.87. The van der Waals surface area contributed by atoms with Crippen LogP contribution in [0.1, 0.15) is 0 Å². The zero-order valence-electron chi connectivity index (χ0n) is 9.34. The monoisotopic (exact) mass is 334 g/mol. The van der Waals surface area contributed by atoms with Crippen molar-refractivity contribution < 1.29 is 22.3 Å². The number of ether oxygens (including phenoxy) is 1. The smallest absolute Gasteiger partial charge is 0.406 e. The maximum Gasteiger partial charge on any atom is 0.573 e. The molecule has 100 valence electrons. The molecule has 2 aromatic rings. The highest BCUT2D eigenvalue weighted by molar-refractivity contribution is 9.10. The molecule has 0 saturated heterocycles. The van der Waals surface area contributed by atoms with Gasteiger partial charge in [0.1, 0.15) is 11.6 Å². The van der Waals surface area contributed by atoms with E-state index in [0.29, 0.717) is 10.0 Å². The summed E-state index contributed by atoms with van der Waals surface area (Å²) in [6.07, 6.45) is -4.77. The average molecular weight is 335 g/mol. The molecular weight excluding hydrogens is 328 g/mol. The molecule has 19 heavy (non-hydrogen) atoms. The Hall–Kier alpha value is -1.56. The van der Waals surface area contributed by atoms with Crippen molar-refractivity contribution in [2.75, 3.05) is 0 Å². The SMILES string of the molecule is Fc1cccc(Br)c1-c1cccc(OC(F)(F)F)c1.